The minimum Gasteiger partial charge on any atom is -0.440 e. The van der Waals surface area contributed by atoms with Crippen LogP contribution in [0.1, 0.15) is 0 Å². The summed E-state index contributed by atoms with van der Waals surface area (Å²) in [5.41, 5.74) is 5.51. The zero-order chi connectivity index (χ0) is 9.10. The molecule has 0 aliphatic rings. The van der Waals surface area contributed by atoms with Crippen molar-refractivity contribution in [3.05, 3.63) is 30.7 Å². The number of nitrogens with zero attached hydrogens (tertiary/aromatic N) is 2. The Kier molecular flexibility index (Phi) is 2.18. The third-order valence-corrected chi connectivity index (χ3v) is 2.16. The van der Waals surface area contributed by atoms with Crippen molar-refractivity contribution in [1.29, 1.82) is 0 Å². The molecule has 13 heavy (non-hydrogen) atoms. The summed E-state index contributed by atoms with van der Waals surface area (Å²) in [6.45, 7) is 0. The Morgan fingerprint density at radius 3 is 3.00 bits per heavy atom. The molecule has 0 aliphatic carbocycles. The first-order valence-corrected chi connectivity index (χ1v) is 4.46. The van der Waals surface area contributed by atoms with E-state index in [0.717, 1.165) is 5.03 Å². The maximum atomic E-state index is 5.51. The van der Waals surface area contributed by atoms with Crippen molar-refractivity contribution in [2.45, 2.75) is 10.2 Å². The van der Waals surface area contributed by atoms with Crippen LogP contribution in [-0.2, 0) is 0 Å². The first-order chi connectivity index (χ1) is 6.34. The molecular weight excluding hydrogens is 186 g/mol. The molecular formula is C8H7N3OS. The van der Waals surface area contributed by atoms with Gasteiger partial charge in [-0.1, -0.05) is 6.07 Å². The summed E-state index contributed by atoms with van der Waals surface area (Å²) in [5, 5.41) is 1.35. The smallest absolute Gasteiger partial charge is 0.261 e. The fourth-order valence-corrected chi connectivity index (χ4v) is 1.53. The number of pyridine rings is 1. The van der Waals surface area contributed by atoms with E-state index in [4.69, 9.17) is 10.2 Å². The third-order valence-electron chi connectivity index (χ3n) is 1.35. The van der Waals surface area contributed by atoms with Gasteiger partial charge in [-0.2, -0.15) is 0 Å². The molecule has 2 aromatic rings. The predicted octanol–water partition coefficient (Wildman–Crippen LogP) is 1.80. The first kappa shape index (κ1) is 8.12. The van der Waals surface area contributed by atoms with E-state index in [1.165, 1.54) is 18.0 Å². The van der Waals surface area contributed by atoms with Gasteiger partial charge >= 0.3 is 0 Å². The Morgan fingerprint density at radius 2 is 2.31 bits per heavy atom. The molecule has 0 amide bonds. The number of hydrogen-bond donors (Lipinski definition) is 1. The van der Waals surface area contributed by atoms with Gasteiger partial charge in [0.2, 0.25) is 0 Å². The second-order valence-electron chi connectivity index (χ2n) is 2.30. The topological polar surface area (TPSA) is 64.9 Å². The molecule has 0 radical (unpaired) electrons. The van der Waals surface area contributed by atoms with E-state index in [-0.39, 0.29) is 0 Å². The van der Waals surface area contributed by atoms with Crippen LogP contribution < -0.4 is 5.73 Å². The highest BCUT2D eigenvalue weighted by molar-refractivity contribution is 7.99. The minimum absolute atomic E-state index is 0.497. The van der Waals surface area contributed by atoms with Crippen molar-refractivity contribution < 1.29 is 4.42 Å². The predicted molar refractivity (Wildman–Crippen MR) is 49.3 cm³/mol. The lowest BCUT2D eigenvalue weighted by Gasteiger charge is -1.96. The second kappa shape index (κ2) is 3.49. The SMILES string of the molecule is Nc1cccc(Sc2ncco2)n1. The van der Waals surface area contributed by atoms with Crippen LogP contribution in [0.2, 0.25) is 0 Å². The molecule has 0 unspecified atom stereocenters. The summed E-state index contributed by atoms with van der Waals surface area (Å²) in [7, 11) is 0. The second-order valence-corrected chi connectivity index (χ2v) is 3.27. The molecule has 0 bridgehead atoms. The first-order valence-electron chi connectivity index (χ1n) is 3.64. The van der Waals surface area contributed by atoms with Crippen molar-refractivity contribution >= 4 is 17.6 Å². The number of anilines is 1. The van der Waals surface area contributed by atoms with Gasteiger partial charge in [0.05, 0.1) is 6.20 Å². The van der Waals surface area contributed by atoms with Gasteiger partial charge in [0.25, 0.3) is 5.22 Å². The third kappa shape index (κ3) is 2.00. The van der Waals surface area contributed by atoms with Gasteiger partial charge in [-0.3, -0.25) is 0 Å². The minimum atomic E-state index is 0.497. The summed E-state index contributed by atoms with van der Waals surface area (Å²) in [6, 6.07) is 5.43. The van der Waals surface area contributed by atoms with E-state index in [1.807, 2.05) is 12.1 Å². The average molecular weight is 193 g/mol. The molecule has 0 aromatic carbocycles. The quantitative estimate of drug-likeness (QED) is 0.787. The Balaban J connectivity index is 2.19. The van der Waals surface area contributed by atoms with E-state index in [9.17, 15) is 0 Å². The lowest BCUT2D eigenvalue weighted by atomic mass is 10.5. The lowest BCUT2D eigenvalue weighted by molar-refractivity contribution is 0.454. The van der Waals surface area contributed by atoms with Crippen molar-refractivity contribution in [3.8, 4) is 0 Å². The van der Waals surface area contributed by atoms with Gasteiger partial charge in [-0.25, -0.2) is 9.97 Å². The molecule has 2 heterocycles. The highest BCUT2D eigenvalue weighted by Gasteiger charge is 2.01. The van der Waals surface area contributed by atoms with Crippen LogP contribution in [-0.4, -0.2) is 9.97 Å². The molecule has 2 N–H and O–H groups in total. The van der Waals surface area contributed by atoms with E-state index >= 15 is 0 Å². The molecule has 0 spiro atoms. The van der Waals surface area contributed by atoms with Gasteiger partial charge in [0.1, 0.15) is 17.1 Å². The molecule has 0 fully saturated rings. The highest BCUT2D eigenvalue weighted by atomic mass is 32.2. The van der Waals surface area contributed by atoms with E-state index in [0.29, 0.717) is 11.0 Å². The Morgan fingerprint density at radius 1 is 1.38 bits per heavy atom. The van der Waals surface area contributed by atoms with Crippen LogP contribution in [0.15, 0.2) is 45.3 Å². The molecule has 0 saturated carbocycles. The molecule has 0 saturated heterocycles. The molecule has 5 heteroatoms. The van der Waals surface area contributed by atoms with Crippen LogP contribution in [0.5, 0.6) is 0 Å². The highest BCUT2D eigenvalue weighted by Crippen LogP contribution is 2.24. The van der Waals surface area contributed by atoms with Gasteiger partial charge in [0.15, 0.2) is 0 Å². The maximum absolute atomic E-state index is 5.51. The summed E-state index contributed by atoms with van der Waals surface area (Å²) in [5.74, 6) is 0.497. The normalized spacial score (nSPS) is 10.2. The average Bonchev–Trinajstić information content (AvgIpc) is 2.57. The van der Waals surface area contributed by atoms with Crippen molar-refractivity contribution in [1.82, 2.24) is 9.97 Å². The Labute approximate surface area is 79.2 Å². The Hall–Kier alpha value is -1.49. The Bertz CT molecular complexity index is 388. The summed E-state index contributed by atoms with van der Waals surface area (Å²) >= 11 is 1.34. The van der Waals surface area contributed by atoms with E-state index in [1.54, 1.807) is 12.3 Å². The molecule has 2 aromatic heterocycles. The van der Waals surface area contributed by atoms with Gasteiger partial charge in [0, 0.05) is 0 Å². The van der Waals surface area contributed by atoms with E-state index in [2.05, 4.69) is 9.97 Å². The summed E-state index contributed by atoms with van der Waals surface area (Å²) in [4.78, 5) is 8.05. The number of aromatic nitrogens is 2. The number of rotatable bonds is 2. The van der Waals surface area contributed by atoms with Crippen LogP contribution >= 0.6 is 11.8 Å². The molecule has 4 nitrogen and oxygen atoms in total. The van der Waals surface area contributed by atoms with Crippen LogP contribution in [0.4, 0.5) is 5.82 Å². The fourth-order valence-electron chi connectivity index (χ4n) is 0.838. The van der Waals surface area contributed by atoms with Crippen LogP contribution in [0.25, 0.3) is 0 Å². The molecule has 66 valence electrons. The molecule has 0 atom stereocenters. The summed E-state index contributed by atoms with van der Waals surface area (Å²) in [6.07, 6.45) is 3.11. The molecule has 0 aliphatic heterocycles. The van der Waals surface area contributed by atoms with Crippen LogP contribution in [0, 0.1) is 0 Å². The maximum Gasteiger partial charge on any atom is 0.261 e. The van der Waals surface area contributed by atoms with Crippen LogP contribution in [0.3, 0.4) is 0 Å². The van der Waals surface area contributed by atoms with Gasteiger partial charge < -0.3 is 10.2 Å². The van der Waals surface area contributed by atoms with Gasteiger partial charge in [-0.15, -0.1) is 0 Å². The number of oxazole rings is 1. The zero-order valence-corrected chi connectivity index (χ0v) is 7.49. The lowest BCUT2D eigenvalue weighted by Crippen LogP contribution is -1.89. The van der Waals surface area contributed by atoms with Crippen molar-refractivity contribution in [2.75, 3.05) is 5.73 Å². The number of nitrogens with two attached hydrogens (primary N) is 1. The van der Waals surface area contributed by atoms with Crippen molar-refractivity contribution in [3.63, 3.8) is 0 Å². The van der Waals surface area contributed by atoms with E-state index < -0.39 is 0 Å². The number of hydrogen-bond acceptors (Lipinski definition) is 5. The standard InChI is InChI=1S/C8H7N3OS/c9-6-2-1-3-7(11-6)13-8-10-4-5-12-8/h1-5H,(H2,9,11). The fraction of sp³-hybridized carbons (Fsp3) is 0. The zero-order valence-electron chi connectivity index (χ0n) is 6.68. The summed E-state index contributed by atoms with van der Waals surface area (Å²) < 4.78 is 5.05. The van der Waals surface area contributed by atoms with Crippen molar-refractivity contribution in [2.24, 2.45) is 0 Å². The largest absolute Gasteiger partial charge is 0.440 e. The van der Waals surface area contributed by atoms with Gasteiger partial charge in [-0.05, 0) is 23.9 Å². The monoisotopic (exact) mass is 193 g/mol. The number of nitrogen functional groups attached to an aromatic ring is 1. The molecule has 2 rings (SSSR count).